The molecular weight excluding hydrogens is 238 g/mol. The van der Waals surface area contributed by atoms with Crippen LogP contribution in [0.3, 0.4) is 0 Å². The maximum Gasteiger partial charge on any atom is 0.179 e. The summed E-state index contributed by atoms with van der Waals surface area (Å²) in [7, 11) is -3.30. The molecule has 0 fully saturated rings. The summed E-state index contributed by atoms with van der Waals surface area (Å²) in [6.07, 6.45) is 4.13. The molecule has 0 aromatic carbocycles. The smallest absolute Gasteiger partial charge is 0.179 e. The van der Waals surface area contributed by atoms with Crippen LogP contribution in [-0.4, -0.2) is 24.9 Å². The van der Waals surface area contributed by atoms with Crippen molar-refractivity contribution >= 4 is 15.6 Å². The maximum absolute atomic E-state index is 11.9. The van der Waals surface area contributed by atoms with Crippen molar-refractivity contribution in [3.05, 3.63) is 24.0 Å². The van der Waals surface area contributed by atoms with Crippen LogP contribution >= 0.6 is 0 Å². The number of hydrogen-bond acceptors (Lipinski definition) is 4. The topological polar surface area (TPSA) is 64.1 Å². The van der Waals surface area contributed by atoms with Gasteiger partial charge in [0.25, 0.3) is 0 Å². The molecule has 1 rings (SSSR count). The van der Waals surface area contributed by atoms with Crippen LogP contribution in [0, 0.1) is 6.92 Å². The number of ketones is 1. The minimum atomic E-state index is -3.30. The predicted octanol–water partition coefficient (Wildman–Crippen LogP) is 1.92. The van der Waals surface area contributed by atoms with E-state index in [9.17, 15) is 13.2 Å². The van der Waals surface area contributed by atoms with E-state index in [0.717, 1.165) is 5.56 Å². The molecular formula is C12H17NO3S. The van der Waals surface area contributed by atoms with E-state index in [0.29, 0.717) is 19.3 Å². The Morgan fingerprint density at radius 2 is 2.06 bits per heavy atom. The Labute approximate surface area is 102 Å². The molecule has 1 heterocycles. The van der Waals surface area contributed by atoms with Crippen LogP contribution in [0.1, 0.15) is 31.7 Å². The van der Waals surface area contributed by atoms with E-state index in [1.807, 2.05) is 0 Å². The SMILES string of the molecule is CCC(=O)CCCS(=O)(=O)c1cncc(C)c1. The lowest BCUT2D eigenvalue weighted by Crippen LogP contribution is -2.09. The molecule has 0 N–H and O–H groups in total. The average Bonchev–Trinajstić information content (AvgIpc) is 2.28. The van der Waals surface area contributed by atoms with Gasteiger partial charge < -0.3 is 0 Å². The third-order valence-electron chi connectivity index (χ3n) is 2.47. The summed E-state index contributed by atoms with van der Waals surface area (Å²) in [6, 6.07) is 1.60. The molecule has 1 aromatic heterocycles. The van der Waals surface area contributed by atoms with E-state index >= 15 is 0 Å². The van der Waals surface area contributed by atoms with Crippen LogP contribution in [0.5, 0.6) is 0 Å². The Morgan fingerprint density at radius 1 is 1.35 bits per heavy atom. The van der Waals surface area contributed by atoms with E-state index in [2.05, 4.69) is 4.98 Å². The van der Waals surface area contributed by atoms with Crippen LogP contribution < -0.4 is 0 Å². The van der Waals surface area contributed by atoms with Crippen molar-refractivity contribution < 1.29 is 13.2 Å². The van der Waals surface area contributed by atoms with E-state index in [1.165, 1.54) is 6.20 Å². The number of sulfone groups is 1. The largest absolute Gasteiger partial charge is 0.300 e. The molecule has 0 bridgehead atoms. The number of carbonyl (C=O) groups is 1. The quantitative estimate of drug-likeness (QED) is 0.779. The molecule has 0 aliphatic rings. The average molecular weight is 255 g/mol. The number of hydrogen-bond donors (Lipinski definition) is 0. The zero-order valence-corrected chi connectivity index (χ0v) is 11.0. The minimum absolute atomic E-state index is 0.00384. The Bertz CT molecular complexity index is 494. The first-order valence-corrected chi connectivity index (χ1v) is 7.27. The van der Waals surface area contributed by atoms with Gasteiger partial charge in [0.15, 0.2) is 9.84 Å². The minimum Gasteiger partial charge on any atom is -0.300 e. The number of Topliss-reactive ketones (excluding diaryl/α,β-unsaturated/α-hetero) is 1. The second-order valence-corrected chi connectivity index (χ2v) is 6.12. The molecule has 0 saturated heterocycles. The van der Waals surface area contributed by atoms with Gasteiger partial charge in [-0.15, -0.1) is 0 Å². The highest BCUT2D eigenvalue weighted by Crippen LogP contribution is 2.13. The van der Waals surface area contributed by atoms with Crippen molar-refractivity contribution in [3.8, 4) is 0 Å². The van der Waals surface area contributed by atoms with Crippen molar-refractivity contribution in [2.24, 2.45) is 0 Å². The van der Waals surface area contributed by atoms with Crippen molar-refractivity contribution in [1.29, 1.82) is 0 Å². The number of pyridine rings is 1. The normalized spacial score (nSPS) is 11.4. The van der Waals surface area contributed by atoms with Crippen molar-refractivity contribution in [2.75, 3.05) is 5.75 Å². The first-order valence-electron chi connectivity index (χ1n) is 5.62. The molecule has 0 saturated carbocycles. The van der Waals surface area contributed by atoms with Crippen LogP contribution in [0.2, 0.25) is 0 Å². The summed E-state index contributed by atoms with van der Waals surface area (Å²) < 4.78 is 23.8. The summed E-state index contributed by atoms with van der Waals surface area (Å²) >= 11 is 0. The van der Waals surface area contributed by atoms with Gasteiger partial charge in [-0.05, 0) is 25.0 Å². The van der Waals surface area contributed by atoms with Crippen LogP contribution in [0.4, 0.5) is 0 Å². The Hall–Kier alpha value is -1.23. The second-order valence-electron chi connectivity index (χ2n) is 4.01. The van der Waals surface area contributed by atoms with Gasteiger partial charge in [-0.25, -0.2) is 8.42 Å². The van der Waals surface area contributed by atoms with Crippen LogP contribution in [0.25, 0.3) is 0 Å². The molecule has 17 heavy (non-hydrogen) atoms. The lowest BCUT2D eigenvalue weighted by molar-refractivity contribution is -0.118. The highest BCUT2D eigenvalue weighted by Gasteiger charge is 2.15. The summed E-state index contributed by atoms with van der Waals surface area (Å²) in [6.45, 7) is 3.58. The van der Waals surface area contributed by atoms with Gasteiger partial charge >= 0.3 is 0 Å². The molecule has 1 aromatic rings. The predicted molar refractivity (Wildman–Crippen MR) is 65.6 cm³/mol. The molecule has 5 heteroatoms. The molecule has 0 spiro atoms. The monoisotopic (exact) mass is 255 g/mol. The Balaban J connectivity index is 2.66. The molecule has 0 aliphatic heterocycles. The third-order valence-corrected chi connectivity index (χ3v) is 4.24. The first kappa shape index (κ1) is 13.8. The Kier molecular flexibility index (Phi) is 4.81. The number of aromatic nitrogens is 1. The van der Waals surface area contributed by atoms with Gasteiger partial charge in [0.2, 0.25) is 0 Å². The number of rotatable bonds is 6. The van der Waals surface area contributed by atoms with Gasteiger partial charge in [-0.3, -0.25) is 9.78 Å². The molecule has 0 radical (unpaired) electrons. The van der Waals surface area contributed by atoms with Crippen molar-refractivity contribution in [2.45, 2.75) is 38.0 Å². The van der Waals surface area contributed by atoms with E-state index in [1.54, 1.807) is 26.1 Å². The molecule has 4 nitrogen and oxygen atoms in total. The highest BCUT2D eigenvalue weighted by molar-refractivity contribution is 7.91. The summed E-state index contributed by atoms with van der Waals surface area (Å²) in [5.74, 6) is 0.103. The van der Waals surface area contributed by atoms with E-state index in [-0.39, 0.29) is 16.4 Å². The Morgan fingerprint density at radius 3 is 2.65 bits per heavy atom. The van der Waals surface area contributed by atoms with Gasteiger partial charge in [0.05, 0.1) is 10.6 Å². The summed E-state index contributed by atoms with van der Waals surface area (Å²) in [4.78, 5) is 15.2. The fourth-order valence-corrected chi connectivity index (χ4v) is 2.80. The zero-order chi connectivity index (χ0) is 12.9. The number of nitrogens with zero attached hydrogens (tertiary/aromatic N) is 1. The standard InChI is InChI=1S/C12H17NO3S/c1-3-11(14)5-4-6-17(15,16)12-7-10(2)8-13-9-12/h7-9H,3-6H2,1-2H3. The molecule has 0 aliphatic carbocycles. The zero-order valence-electron chi connectivity index (χ0n) is 10.1. The number of carbonyl (C=O) groups excluding carboxylic acids is 1. The number of aryl methyl sites for hydroxylation is 1. The lowest BCUT2D eigenvalue weighted by Gasteiger charge is -2.04. The van der Waals surface area contributed by atoms with E-state index < -0.39 is 9.84 Å². The van der Waals surface area contributed by atoms with Crippen molar-refractivity contribution in [3.63, 3.8) is 0 Å². The van der Waals surface area contributed by atoms with Gasteiger partial charge in [-0.2, -0.15) is 0 Å². The highest BCUT2D eigenvalue weighted by atomic mass is 32.2. The molecule has 0 amide bonds. The fourth-order valence-electron chi connectivity index (χ4n) is 1.45. The van der Waals surface area contributed by atoms with Gasteiger partial charge in [0.1, 0.15) is 5.78 Å². The van der Waals surface area contributed by atoms with Crippen molar-refractivity contribution in [1.82, 2.24) is 4.98 Å². The van der Waals surface area contributed by atoms with Crippen LogP contribution in [0.15, 0.2) is 23.4 Å². The van der Waals surface area contributed by atoms with Gasteiger partial charge in [0, 0.05) is 25.2 Å². The van der Waals surface area contributed by atoms with Crippen LogP contribution in [-0.2, 0) is 14.6 Å². The second kappa shape index (κ2) is 5.91. The first-order chi connectivity index (χ1) is 7.95. The summed E-state index contributed by atoms with van der Waals surface area (Å²) in [5, 5.41) is 0. The fraction of sp³-hybridized carbons (Fsp3) is 0.500. The molecule has 0 atom stereocenters. The van der Waals surface area contributed by atoms with Gasteiger partial charge in [-0.1, -0.05) is 6.92 Å². The lowest BCUT2D eigenvalue weighted by atomic mass is 10.2. The molecule has 0 unspecified atom stereocenters. The molecule has 94 valence electrons. The van der Waals surface area contributed by atoms with E-state index in [4.69, 9.17) is 0 Å². The summed E-state index contributed by atoms with van der Waals surface area (Å²) in [5.41, 5.74) is 0.815. The maximum atomic E-state index is 11.9. The third kappa shape index (κ3) is 4.26.